The lowest BCUT2D eigenvalue weighted by Gasteiger charge is -2.14. The predicted molar refractivity (Wildman–Crippen MR) is 586 cm³/mol. The van der Waals surface area contributed by atoms with Crippen molar-refractivity contribution in [3.05, 3.63) is 485 Å². The molecule has 0 saturated carbocycles. The van der Waals surface area contributed by atoms with Gasteiger partial charge in [0.15, 0.2) is 0 Å². The summed E-state index contributed by atoms with van der Waals surface area (Å²) in [6, 6.07) is 175. The molecule has 0 fully saturated rings. The molecule has 138 heavy (non-hydrogen) atoms. The SMILES string of the molecule is Cn1c2ccccc2c2ccc3c(c4ccccc4n3-c3ccc(-c4ccccc4)cc3)c21.Cn1c2ccccc2c2ccc3c(c4ccccc4n3-c3cccc(-c4ccccc4)c3)c21.Cn1c2ccccc2c2ccc3c(c4ccccc4n3-c3ccccc3-c3ccccc3)c21.Cn1c2ccccc2c2ccc3c4ccccc4n(-c4cccc(-c5cccc(-c6ccccc6)c5)c4)c3c21. The third-order valence-corrected chi connectivity index (χ3v) is 28.9. The van der Waals surface area contributed by atoms with Crippen molar-refractivity contribution in [3.8, 4) is 78.4 Å². The Hall–Kier alpha value is -18.0. The molecule has 0 unspecified atom stereocenters. The molecule has 29 rings (SSSR count). The predicted octanol–water partition coefficient (Wildman–Crippen LogP) is 34.0. The lowest BCUT2D eigenvalue weighted by atomic mass is 9.99. The Morgan fingerprint density at radius 2 is 0.391 bits per heavy atom. The smallest absolute Gasteiger partial charge is 0.0785 e. The van der Waals surface area contributed by atoms with Crippen LogP contribution in [0.3, 0.4) is 0 Å². The van der Waals surface area contributed by atoms with Crippen molar-refractivity contribution >= 4 is 174 Å². The Bertz CT molecular complexity index is 9880. The fourth-order valence-corrected chi connectivity index (χ4v) is 22.7. The molecule has 0 N–H and O–H groups in total. The van der Waals surface area contributed by atoms with Crippen LogP contribution in [0.5, 0.6) is 0 Å². The fraction of sp³-hybridized carbons (Fsp3) is 0.0308. The van der Waals surface area contributed by atoms with Crippen LogP contribution in [0.25, 0.3) is 253 Å². The summed E-state index contributed by atoms with van der Waals surface area (Å²) in [7, 11) is 8.75. The zero-order chi connectivity index (χ0) is 91.7. The minimum absolute atomic E-state index is 1.17. The summed E-state index contributed by atoms with van der Waals surface area (Å²) >= 11 is 0. The first kappa shape index (κ1) is 80.8. The van der Waals surface area contributed by atoms with E-state index in [1.165, 1.54) is 253 Å². The fourth-order valence-electron chi connectivity index (χ4n) is 22.7. The summed E-state index contributed by atoms with van der Waals surface area (Å²) in [6.45, 7) is 0. The third kappa shape index (κ3) is 13.0. The highest BCUT2D eigenvalue weighted by Crippen LogP contribution is 2.48. The summed E-state index contributed by atoms with van der Waals surface area (Å²) in [5.74, 6) is 0. The highest BCUT2D eigenvalue weighted by Gasteiger charge is 2.26. The van der Waals surface area contributed by atoms with Gasteiger partial charge in [-0.3, -0.25) is 0 Å². The molecular formula is C130H92N8. The van der Waals surface area contributed by atoms with Crippen molar-refractivity contribution in [3.63, 3.8) is 0 Å². The van der Waals surface area contributed by atoms with Crippen LogP contribution in [0.1, 0.15) is 0 Å². The Morgan fingerprint density at radius 1 is 0.130 bits per heavy atom. The topological polar surface area (TPSA) is 39.4 Å². The quantitative estimate of drug-likeness (QED) is 0.138. The van der Waals surface area contributed by atoms with Crippen molar-refractivity contribution < 1.29 is 0 Å². The Balaban J connectivity index is 0.0000000953. The van der Waals surface area contributed by atoms with Gasteiger partial charge in [0.25, 0.3) is 0 Å². The van der Waals surface area contributed by atoms with Gasteiger partial charge in [-0.05, 0) is 165 Å². The van der Waals surface area contributed by atoms with Crippen LogP contribution in [0.4, 0.5) is 0 Å². The maximum absolute atomic E-state index is 2.45. The molecule has 0 bridgehead atoms. The molecule has 0 saturated heterocycles. The van der Waals surface area contributed by atoms with Gasteiger partial charge in [-0.1, -0.05) is 370 Å². The summed E-state index contributed by atoms with van der Waals surface area (Å²) in [5.41, 5.74) is 37.1. The van der Waals surface area contributed by atoms with E-state index < -0.39 is 0 Å². The monoisotopic (exact) mass is 1760 g/mol. The van der Waals surface area contributed by atoms with E-state index in [9.17, 15) is 0 Å². The molecule has 8 heteroatoms. The van der Waals surface area contributed by atoms with Crippen molar-refractivity contribution in [2.24, 2.45) is 28.2 Å². The number of fused-ring (bicyclic) bond motifs is 28. The molecule has 0 aliphatic rings. The van der Waals surface area contributed by atoms with E-state index in [-0.39, 0.29) is 0 Å². The van der Waals surface area contributed by atoms with Gasteiger partial charge in [-0.15, -0.1) is 0 Å². The van der Waals surface area contributed by atoms with Gasteiger partial charge in [-0.25, -0.2) is 0 Å². The van der Waals surface area contributed by atoms with Crippen LogP contribution in [0, 0.1) is 0 Å². The summed E-state index contributed by atoms with van der Waals surface area (Å²) in [4.78, 5) is 0. The molecule has 0 aliphatic heterocycles. The number of aryl methyl sites for hydroxylation is 4. The molecule has 0 spiro atoms. The molecule has 0 radical (unpaired) electrons. The maximum atomic E-state index is 2.45. The second-order valence-electron chi connectivity index (χ2n) is 36.3. The number of aromatic nitrogens is 8. The number of rotatable bonds is 9. The van der Waals surface area contributed by atoms with Crippen LogP contribution < -0.4 is 0 Å². The Morgan fingerprint density at radius 3 is 0.826 bits per heavy atom. The van der Waals surface area contributed by atoms with Crippen molar-refractivity contribution in [2.45, 2.75) is 0 Å². The van der Waals surface area contributed by atoms with E-state index in [0.717, 1.165) is 0 Å². The first-order valence-corrected chi connectivity index (χ1v) is 47.5. The molecule has 0 amide bonds. The van der Waals surface area contributed by atoms with Gasteiger partial charge in [0.1, 0.15) is 0 Å². The van der Waals surface area contributed by atoms with Crippen LogP contribution >= 0.6 is 0 Å². The highest BCUT2D eigenvalue weighted by molar-refractivity contribution is 6.29. The molecule has 8 aromatic heterocycles. The number of para-hydroxylation sites is 9. The minimum Gasteiger partial charge on any atom is -0.343 e. The van der Waals surface area contributed by atoms with E-state index in [1.54, 1.807) is 0 Å². The lowest BCUT2D eigenvalue weighted by molar-refractivity contribution is 1.01. The molecule has 8 heterocycles. The van der Waals surface area contributed by atoms with Gasteiger partial charge in [0.2, 0.25) is 0 Å². The first-order chi connectivity index (χ1) is 68.2. The summed E-state index contributed by atoms with van der Waals surface area (Å²) < 4.78 is 19.1. The number of hydrogen-bond donors (Lipinski definition) is 0. The average Bonchev–Trinajstić information content (AvgIpc) is 1.56. The molecule has 0 aliphatic carbocycles. The summed E-state index contributed by atoms with van der Waals surface area (Å²) in [5, 5.41) is 20.8. The minimum atomic E-state index is 1.17. The Kier molecular flexibility index (Phi) is 19.4. The molecular weight excluding hydrogens is 1670 g/mol. The average molecular weight is 1770 g/mol. The lowest BCUT2D eigenvalue weighted by Crippen LogP contribution is -1.97. The van der Waals surface area contributed by atoms with Crippen molar-refractivity contribution in [2.75, 3.05) is 0 Å². The molecule has 8 nitrogen and oxygen atoms in total. The second kappa shape index (κ2) is 33.0. The van der Waals surface area contributed by atoms with Crippen LogP contribution in [0.15, 0.2) is 485 Å². The molecule has 652 valence electrons. The number of hydrogen-bond acceptors (Lipinski definition) is 0. The van der Waals surface area contributed by atoms with Crippen LogP contribution in [-0.4, -0.2) is 36.5 Å². The first-order valence-electron chi connectivity index (χ1n) is 47.5. The zero-order valence-electron chi connectivity index (χ0n) is 76.8. The highest BCUT2D eigenvalue weighted by atomic mass is 15.0. The van der Waals surface area contributed by atoms with Gasteiger partial charge >= 0.3 is 0 Å². The number of benzene rings is 21. The van der Waals surface area contributed by atoms with Crippen LogP contribution in [-0.2, 0) is 28.2 Å². The van der Waals surface area contributed by atoms with E-state index in [2.05, 4.69) is 550 Å². The largest absolute Gasteiger partial charge is 0.343 e. The standard InChI is InChI=1S/C37H26N2.3C31H22N2/c1-38-34-19-7-5-17-30(34)32-21-22-33-31-18-6-8-20-35(31)39(37(33)36(32)38)29-16-10-15-28(24-29)27-14-9-13-26(23-27)25-11-3-2-4-12-25;1-32-26-16-8-6-14-23(26)24-19-20-29-30(31(24)32)25-15-7-10-18-28(25)33(29)27-17-9-5-13-22(27)21-11-3-2-4-12-21;1-32-27-16-7-5-14-24(27)25-18-19-29-30(31(25)32)26-15-6-8-17-28(26)33(29)23-13-9-12-22(20-23)21-10-3-2-4-11-21;1-32-27-13-7-5-11-24(27)25-19-20-29-30(31(25)32)26-12-6-8-14-28(26)33(29)23-17-15-22(16-18-23)21-9-3-2-4-10-21/h2-24H,1H3;3*2-20H,1H3. The van der Waals surface area contributed by atoms with E-state index >= 15 is 0 Å². The Labute approximate surface area is 797 Å². The summed E-state index contributed by atoms with van der Waals surface area (Å²) in [6.07, 6.45) is 0. The van der Waals surface area contributed by atoms with Gasteiger partial charge in [-0.2, -0.15) is 0 Å². The molecule has 0 atom stereocenters. The van der Waals surface area contributed by atoms with Gasteiger partial charge in [0, 0.05) is 159 Å². The normalized spacial score (nSPS) is 11.8. The molecule has 29 aromatic rings. The second-order valence-corrected chi connectivity index (χ2v) is 36.3. The van der Waals surface area contributed by atoms with E-state index in [4.69, 9.17) is 0 Å². The van der Waals surface area contributed by atoms with Gasteiger partial charge in [0.05, 0.1) is 71.9 Å². The molecule has 21 aromatic carbocycles. The van der Waals surface area contributed by atoms with Gasteiger partial charge < -0.3 is 36.5 Å². The van der Waals surface area contributed by atoms with Crippen LogP contribution in [0.2, 0.25) is 0 Å². The van der Waals surface area contributed by atoms with E-state index in [1.807, 2.05) is 0 Å². The third-order valence-electron chi connectivity index (χ3n) is 28.9. The van der Waals surface area contributed by atoms with Crippen molar-refractivity contribution in [1.82, 2.24) is 36.5 Å². The maximum Gasteiger partial charge on any atom is 0.0785 e. The zero-order valence-corrected chi connectivity index (χ0v) is 76.8. The van der Waals surface area contributed by atoms with Crippen molar-refractivity contribution in [1.29, 1.82) is 0 Å². The number of nitrogens with zero attached hydrogens (tertiary/aromatic N) is 8. The van der Waals surface area contributed by atoms with E-state index in [0.29, 0.717) is 0 Å².